The van der Waals surface area contributed by atoms with Gasteiger partial charge in [-0.05, 0) is 6.42 Å². The molecule has 0 spiro atoms. The number of rotatable bonds is 10. The second-order valence-electron chi connectivity index (χ2n) is 4.60. The van der Waals surface area contributed by atoms with Crippen LogP contribution in [0.2, 0.25) is 0 Å². The van der Waals surface area contributed by atoms with Gasteiger partial charge in [-0.3, -0.25) is 0 Å². The Morgan fingerprint density at radius 2 is 2.17 bits per heavy atom. The summed E-state index contributed by atoms with van der Waals surface area (Å²) in [4.78, 5) is 4.36. The number of aromatic nitrogens is 2. The largest absolute Gasteiger partial charge is 0.382 e. The zero-order valence-electron chi connectivity index (χ0n) is 11.7. The number of nitrogens with one attached hydrogen (secondary N) is 1. The SMILES string of the molecule is COCCOCCCn1cnc(CNC(C)C)c1. The monoisotopic (exact) mass is 255 g/mol. The first-order valence-electron chi connectivity index (χ1n) is 6.53. The van der Waals surface area contributed by atoms with Crippen molar-refractivity contribution in [1.29, 1.82) is 0 Å². The molecule has 1 aromatic heterocycles. The maximum atomic E-state index is 5.41. The highest BCUT2D eigenvalue weighted by atomic mass is 16.5. The van der Waals surface area contributed by atoms with Crippen molar-refractivity contribution in [3.05, 3.63) is 18.2 Å². The minimum absolute atomic E-state index is 0.490. The maximum absolute atomic E-state index is 5.41. The summed E-state index contributed by atoms with van der Waals surface area (Å²) in [5.41, 5.74) is 1.09. The van der Waals surface area contributed by atoms with E-state index in [2.05, 4.69) is 34.9 Å². The quantitative estimate of drug-likeness (QED) is 0.643. The van der Waals surface area contributed by atoms with Crippen molar-refractivity contribution in [1.82, 2.24) is 14.9 Å². The summed E-state index contributed by atoms with van der Waals surface area (Å²) < 4.78 is 12.4. The highest BCUT2D eigenvalue weighted by Gasteiger charge is 2.00. The smallest absolute Gasteiger partial charge is 0.0949 e. The normalized spacial score (nSPS) is 11.3. The first-order chi connectivity index (χ1) is 8.72. The van der Waals surface area contributed by atoms with Crippen LogP contribution < -0.4 is 5.32 Å². The number of ether oxygens (including phenoxy) is 2. The molecule has 0 unspecified atom stereocenters. The summed E-state index contributed by atoms with van der Waals surface area (Å²) in [5.74, 6) is 0. The molecule has 104 valence electrons. The summed E-state index contributed by atoms with van der Waals surface area (Å²) >= 11 is 0. The minimum atomic E-state index is 0.490. The predicted molar refractivity (Wildman–Crippen MR) is 71.5 cm³/mol. The lowest BCUT2D eigenvalue weighted by molar-refractivity contribution is 0.0680. The zero-order valence-corrected chi connectivity index (χ0v) is 11.7. The van der Waals surface area contributed by atoms with E-state index in [9.17, 15) is 0 Å². The third-order valence-corrected chi connectivity index (χ3v) is 2.51. The number of imidazole rings is 1. The zero-order chi connectivity index (χ0) is 13.2. The molecular weight excluding hydrogens is 230 g/mol. The summed E-state index contributed by atoms with van der Waals surface area (Å²) in [6, 6.07) is 0.490. The van der Waals surface area contributed by atoms with Crippen LogP contribution in [0.15, 0.2) is 12.5 Å². The molecule has 0 fully saturated rings. The Balaban J connectivity index is 2.11. The van der Waals surface area contributed by atoms with E-state index in [1.54, 1.807) is 7.11 Å². The van der Waals surface area contributed by atoms with E-state index >= 15 is 0 Å². The number of hydrogen-bond acceptors (Lipinski definition) is 4. The molecule has 0 bridgehead atoms. The summed E-state index contributed by atoms with van der Waals surface area (Å²) in [6.07, 6.45) is 4.97. The number of nitrogens with zero attached hydrogens (tertiary/aromatic N) is 2. The average molecular weight is 255 g/mol. The third kappa shape index (κ3) is 6.74. The van der Waals surface area contributed by atoms with Crippen LogP contribution in [-0.2, 0) is 22.6 Å². The number of methoxy groups -OCH3 is 1. The Morgan fingerprint density at radius 3 is 2.89 bits per heavy atom. The molecule has 0 aliphatic rings. The Kier molecular flexibility index (Phi) is 7.64. The van der Waals surface area contributed by atoms with Gasteiger partial charge < -0.3 is 19.4 Å². The second-order valence-corrected chi connectivity index (χ2v) is 4.60. The highest BCUT2D eigenvalue weighted by Crippen LogP contribution is 1.98. The first kappa shape index (κ1) is 15.1. The van der Waals surface area contributed by atoms with Gasteiger partial charge in [0.1, 0.15) is 0 Å². The maximum Gasteiger partial charge on any atom is 0.0949 e. The topological polar surface area (TPSA) is 48.3 Å². The lowest BCUT2D eigenvalue weighted by atomic mass is 10.3. The molecule has 1 heterocycles. The van der Waals surface area contributed by atoms with Crippen molar-refractivity contribution < 1.29 is 9.47 Å². The van der Waals surface area contributed by atoms with E-state index in [1.807, 2.05) is 6.33 Å². The predicted octanol–water partition coefficient (Wildman–Crippen LogP) is 1.43. The molecule has 5 heteroatoms. The lowest BCUT2D eigenvalue weighted by Crippen LogP contribution is -2.21. The van der Waals surface area contributed by atoms with E-state index in [1.165, 1.54) is 0 Å². The molecule has 0 amide bonds. The number of hydrogen-bond donors (Lipinski definition) is 1. The van der Waals surface area contributed by atoms with Crippen molar-refractivity contribution in [2.45, 2.75) is 39.4 Å². The van der Waals surface area contributed by atoms with E-state index in [4.69, 9.17) is 9.47 Å². The Morgan fingerprint density at radius 1 is 1.33 bits per heavy atom. The van der Waals surface area contributed by atoms with Gasteiger partial charge >= 0.3 is 0 Å². The fourth-order valence-corrected chi connectivity index (χ4v) is 1.52. The van der Waals surface area contributed by atoms with E-state index in [0.29, 0.717) is 19.3 Å². The third-order valence-electron chi connectivity index (χ3n) is 2.51. The average Bonchev–Trinajstić information content (AvgIpc) is 2.79. The van der Waals surface area contributed by atoms with Crippen LogP contribution in [0.5, 0.6) is 0 Å². The molecule has 0 radical (unpaired) electrons. The number of aryl methyl sites for hydroxylation is 1. The van der Waals surface area contributed by atoms with Crippen molar-refractivity contribution >= 4 is 0 Å². The summed E-state index contributed by atoms with van der Waals surface area (Å²) in [5, 5.41) is 3.35. The van der Waals surface area contributed by atoms with Crippen LogP contribution >= 0.6 is 0 Å². The Hall–Kier alpha value is -0.910. The summed E-state index contributed by atoms with van der Waals surface area (Å²) in [6.45, 7) is 8.14. The van der Waals surface area contributed by atoms with Gasteiger partial charge in [0.15, 0.2) is 0 Å². The van der Waals surface area contributed by atoms with Crippen LogP contribution in [0, 0.1) is 0 Å². The summed E-state index contributed by atoms with van der Waals surface area (Å²) in [7, 11) is 1.68. The minimum Gasteiger partial charge on any atom is -0.382 e. The van der Waals surface area contributed by atoms with Crippen LogP contribution in [-0.4, -0.2) is 42.5 Å². The molecule has 0 aliphatic heterocycles. The van der Waals surface area contributed by atoms with Gasteiger partial charge in [0.25, 0.3) is 0 Å². The van der Waals surface area contributed by atoms with Crippen LogP contribution in [0.25, 0.3) is 0 Å². The fourth-order valence-electron chi connectivity index (χ4n) is 1.52. The molecule has 0 aliphatic carbocycles. The highest BCUT2D eigenvalue weighted by molar-refractivity contribution is 4.96. The molecule has 0 saturated heterocycles. The van der Waals surface area contributed by atoms with Gasteiger partial charge in [-0.15, -0.1) is 0 Å². The molecule has 0 saturated carbocycles. The van der Waals surface area contributed by atoms with Gasteiger partial charge in [-0.2, -0.15) is 0 Å². The van der Waals surface area contributed by atoms with Gasteiger partial charge in [0.05, 0.1) is 25.2 Å². The van der Waals surface area contributed by atoms with Crippen molar-refractivity contribution in [3.63, 3.8) is 0 Å². The van der Waals surface area contributed by atoms with Crippen molar-refractivity contribution in [2.75, 3.05) is 26.9 Å². The second kappa shape index (κ2) is 9.08. The van der Waals surface area contributed by atoms with Gasteiger partial charge in [0, 0.05) is 39.0 Å². The molecule has 18 heavy (non-hydrogen) atoms. The molecule has 1 N–H and O–H groups in total. The Bertz CT molecular complexity index is 313. The molecule has 0 atom stereocenters. The van der Waals surface area contributed by atoms with Crippen LogP contribution in [0.3, 0.4) is 0 Å². The molecule has 1 rings (SSSR count). The fraction of sp³-hybridized carbons (Fsp3) is 0.769. The molecule has 5 nitrogen and oxygen atoms in total. The van der Waals surface area contributed by atoms with Gasteiger partial charge in [0.2, 0.25) is 0 Å². The molecule has 1 aromatic rings. The first-order valence-corrected chi connectivity index (χ1v) is 6.53. The van der Waals surface area contributed by atoms with Crippen LogP contribution in [0.1, 0.15) is 26.0 Å². The van der Waals surface area contributed by atoms with E-state index in [-0.39, 0.29) is 0 Å². The molecule has 0 aromatic carbocycles. The van der Waals surface area contributed by atoms with Gasteiger partial charge in [-0.25, -0.2) is 4.98 Å². The lowest BCUT2D eigenvalue weighted by Gasteiger charge is -2.05. The van der Waals surface area contributed by atoms with E-state index < -0.39 is 0 Å². The standard InChI is InChI=1S/C13H25N3O2/c1-12(2)14-9-13-10-16(11-15-13)5-4-6-18-8-7-17-3/h10-12,14H,4-9H2,1-3H3. The van der Waals surface area contributed by atoms with Gasteiger partial charge in [-0.1, -0.05) is 13.8 Å². The van der Waals surface area contributed by atoms with Crippen molar-refractivity contribution in [3.8, 4) is 0 Å². The Labute approximate surface area is 109 Å². The van der Waals surface area contributed by atoms with Crippen molar-refractivity contribution in [2.24, 2.45) is 0 Å². The molecular formula is C13H25N3O2. The van der Waals surface area contributed by atoms with Crippen LogP contribution in [0.4, 0.5) is 0 Å². The van der Waals surface area contributed by atoms with E-state index in [0.717, 1.165) is 31.8 Å².